The van der Waals surface area contributed by atoms with Gasteiger partial charge in [-0.25, -0.2) is 13.6 Å². The van der Waals surface area contributed by atoms with Crippen LogP contribution in [0.25, 0.3) is 0 Å². The molecule has 1 aromatic carbocycles. The maximum absolute atomic E-state index is 13.7. The number of hydrogen-bond acceptors (Lipinski definition) is 3. The van der Waals surface area contributed by atoms with E-state index in [4.69, 9.17) is 10.8 Å². The van der Waals surface area contributed by atoms with E-state index in [1.807, 2.05) is 0 Å². The minimum atomic E-state index is -1.43. The molecule has 1 amide bonds. The molecular formula is C11H10F2N2O3. The Morgan fingerprint density at radius 3 is 2.61 bits per heavy atom. The van der Waals surface area contributed by atoms with E-state index in [1.165, 1.54) is 0 Å². The summed E-state index contributed by atoms with van der Waals surface area (Å²) in [7, 11) is 0. The van der Waals surface area contributed by atoms with E-state index in [2.05, 4.69) is 0 Å². The fourth-order valence-corrected chi connectivity index (χ4v) is 1.93. The maximum Gasteiger partial charge on any atom is 0.337 e. The Kier molecular flexibility index (Phi) is 3.00. The lowest BCUT2D eigenvalue weighted by Crippen LogP contribution is -2.30. The first-order valence-corrected chi connectivity index (χ1v) is 5.19. The van der Waals surface area contributed by atoms with E-state index in [0.717, 1.165) is 11.0 Å². The van der Waals surface area contributed by atoms with E-state index in [0.29, 0.717) is 6.07 Å². The second-order valence-electron chi connectivity index (χ2n) is 4.03. The topological polar surface area (TPSA) is 83.6 Å². The minimum Gasteiger partial charge on any atom is -0.478 e. The van der Waals surface area contributed by atoms with Crippen molar-refractivity contribution in [2.75, 3.05) is 11.4 Å². The number of rotatable bonds is 2. The van der Waals surface area contributed by atoms with Crippen LogP contribution < -0.4 is 10.6 Å². The number of amides is 1. The molecule has 1 aliphatic heterocycles. The van der Waals surface area contributed by atoms with Crippen molar-refractivity contribution in [2.24, 2.45) is 5.73 Å². The third kappa shape index (κ3) is 1.92. The summed E-state index contributed by atoms with van der Waals surface area (Å²) in [6.45, 7) is -0.0283. The Morgan fingerprint density at radius 2 is 2.11 bits per heavy atom. The molecule has 2 rings (SSSR count). The van der Waals surface area contributed by atoms with Crippen molar-refractivity contribution in [1.29, 1.82) is 0 Å². The van der Waals surface area contributed by atoms with Crippen LogP contribution in [0.4, 0.5) is 14.5 Å². The van der Waals surface area contributed by atoms with Crippen LogP contribution in [0, 0.1) is 11.6 Å². The molecule has 0 aliphatic carbocycles. The number of nitrogens with zero attached hydrogens (tertiary/aromatic N) is 1. The van der Waals surface area contributed by atoms with E-state index in [9.17, 15) is 18.4 Å². The first kappa shape index (κ1) is 12.4. The van der Waals surface area contributed by atoms with Gasteiger partial charge in [-0.2, -0.15) is 0 Å². The molecule has 1 aromatic rings. The number of carboxylic acids is 1. The first-order valence-electron chi connectivity index (χ1n) is 5.19. The molecule has 5 nitrogen and oxygen atoms in total. The van der Waals surface area contributed by atoms with Gasteiger partial charge in [0.1, 0.15) is 0 Å². The maximum atomic E-state index is 13.7. The van der Waals surface area contributed by atoms with Crippen molar-refractivity contribution in [1.82, 2.24) is 0 Å². The average molecular weight is 256 g/mol. The highest BCUT2D eigenvalue weighted by Gasteiger charge is 2.33. The summed E-state index contributed by atoms with van der Waals surface area (Å²) in [5.74, 6) is -4.51. The fraction of sp³-hybridized carbons (Fsp3) is 0.273. The Bertz CT molecular complexity index is 533. The van der Waals surface area contributed by atoms with Crippen molar-refractivity contribution in [3.63, 3.8) is 0 Å². The van der Waals surface area contributed by atoms with Gasteiger partial charge in [-0.3, -0.25) is 4.79 Å². The normalized spacial score (nSPS) is 19.4. The van der Waals surface area contributed by atoms with Crippen molar-refractivity contribution < 1.29 is 23.5 Å². The molecule has 7 heteroatoms. The molecule has 1 fully saturated rings. The number of carboxylic acid groups (broad SMARTS) is 1. The number of carbonyl (C=O) groups is 2. The number of nitrogens with two attached hydrogens (primary N) is 1. The molecular weight excluding hydrogens is 246 g/mol. The predicted octanol–water partition coefficient (Wildman–Crippen LogP) is 0.727. The van der Waals surface area contributed by atoms with Crippen LogP contribution in [0.5, 0.6) is 0 Å². The summed E-state index contributed by atoms with van der Waals surface area (Å²) >= 11 is 0. The smallest absolute Gasteiger partial charge is 0.337 e. The predicted molar refractivity (Wildman–Crippen MR) is 58.3 cm³/mol. The standard InChI is InChI=1S/C11H10F2N2O3/c12-7-2-1-6(11(17)18)10(9(7)13)15-4-5(14)3-8(15)16/h1-2,5H,3-4,14H2,(H,17,18). The highest BCUT2D eigenvalue weighted by atomic mass is 19.2. The lowest BCUT2D eigenvalue weighted by molar-refractivity contribution is -0.117. The zero-order valence-electron chi connectivity index (χ0n) is 9.19. The van der Waals surface area contributed by atoms with Crippen LogP contribution in [-0.2, 0) is 4.79 Å². The van der Waals surface area contributed by atoms with Gasteiger partial charge in [-0.1, -0.05) is 0 Å². The zero-order chi connectivity index (χ0) is 13.4. The second-order valence-corrected chi connectivity index (χ2v) is 4.03. The van der Waals surface area contributed by atoms with Crippen molar-refractivity contribution in [2.45, 2.75) is 12.5 Å². The highest BCUT2D eigenvalue weighted by Crippen LogP contribution is 2.30. The third-order valence-electron chi connectivity index (χ3n) is 2.72. The average Bonchev–Trinajstić information content (AvgIpc) is 2.61. The molecule has 0 radical (unpaired) electrons. The van der Waals surface area contributed by atoms with Gasteiger partial charge in [0.25, 0.3) is 0 Å². The number of aromatic carboxylic acids is 1. The van der Waals surface area contributed by atoms with Gasteiger partial charge in [0.05, 0.1) is 11.3 Å². The van der Waals surface area contributed by atoms with Gasteiger partial charge in [-0.15, -0.1) is 0 Å². The molecule has 0 bridgehead atoms. The van der Waals surface area contributed by atoms with E-state index >= 15 is 0 Å². The van der Waals surface area contributed by atoms with E-state index < -0.39 is 40.8 Å². The lowest BCUT2D eigenvalue weighted by Gasteiger charge is -2.19. The molecule has 96 valence electrons. The highest BCUT2D eigenvalue weighted by molar-refractivity contribution is 6.03. The van der Waals surface area contributed by atoms with Crippen LogP contribution in [0.2, 0.25) is 0 Å². The molecule has 0 saturated carbocycles. The second kappa shape index (κ2) is 4.34. The van der Waals surface area contributed by atoms with Crippen LogP contribution in [0.1, 0.15) is 16.8 Å². The molecule has 1 saturated heterocycles. The monoisotopic (exact) mass is 256 g/mol. The van der Waals surface area contributed by atoms with Gasteiger partial charge in [-0.05, 0) is 12.1 Å². The Balaban J connectivity index is 2.58. The first-order chi connectivity index (χ1) is 8.41. The van der Waals surface area contributed by atoms with Crippen molar-refractivity contribution in [3.05, 3.63) is 29.3 Å². The number of benzene rings is 1. The summed E-state index contributed by atoms with van der Waals surface area (Å²) < 4.78 is 26.9. The quantitative estimate of drug-likeness (QED) is 0.817. The number of hydrogen-bond donors (Lipinski definition) is 2. The minimum absolute atomic E-state index is 0.0188. The number of halogens is 2. The molecule has 3 N–H and O–H groups in total. The summed E-state index contributed by atoms with van der Waals surface area (Å²) in [6, 6.07) is 1.12. The van der Waals surface area contributed by atoms with Crippen molar-refractivity contribution in [3.8, 4) is 0 Å². The summed E-state index contributed by atoms with van der Waals surface area (Å²) in [5, 5.41) is 8.94. The Labute approximate surface area is 101 Å². The van der Waals surface area contributed by atoms with E-state index in [1.54, 1.807) is 0 Å². The number of anilines is 1. The summed E-state index contributed by atoms with van der Waals surface area (Å²) in [4.78, 5) is 23.4. The molecule has 18 heavy (non-hydrogen) atoms. The van der Waals surface area contributed by atoms with Gasteiger partial charge in [0.2, 0.25) is 5.91 Å². The van der Waals surface area contributed by atoms with Crippen LogP contribution in [0.3, 0.4) is 0 Å². The molecule has 0 aromatic heterocycles. The van der Waals surface area contributed by atoms with Gasteiger partial charge in [0.15, 0.2) is 11.6 Å². The van der Waals surface area contributed by atoms with E-state index in [-0.39, 0.29) is 13.0 Å². The molecule has 1 atom stereocenters. The third-order valence-corrected chi connectivity index (χ3v) is 2.72. The molecule has 1 aliphatic rings. The Morgan fingerprint density at radius 1 is 1.44 bits per heavy atom. The lowest BCUT2D eigenvalue weighted by atomic mass is 10.1. The van der Waals surface area contributed by atoms with Crippen LogP contribution in [0.15, 0.2) is 12.1 Å². The van der Waals surface area contributed by atoms with Crippen LogP contribution in [-0.4, -0.2) is 29.6 Å². The van der Waals surface area contributed by atoms with Gasteiger partial charge in [0, 0.05) is 19.0 Å². The summed E-state index contributed by atoms with van der Waals surface area (Å²) in [6.07, 6.45) is -0.0188. The fourth-order valence-electron chi connectivity index (χ4n) is 1.93. The SMILES string of the molecule is NC1CC(=O)N(c2c(C(=O)O)ccc(F)c2F)C1. The van der Waals surface area contributed by atoms with Gasteiger partial charge < -0.3 is 15.7 Å². The molecule has 0 spiro atoms. The Hall–Kier alpha value is -2.02. The summed E-state index contributed by atoms with van der Waals surface area (Å²) in [5.41, 5.74) is 4.52. The zero-order valence-corrected chi connectivity index (χ0v) is 9.19. The number of carbonyl (C=O) groups excluding carboxylic acids is 1. The van der Waals surface area contributed by atoms with Gasteiger partial charge >= 0.3 is 5.97 Å². The largest absolute Gasteiger partial charge is 0.478 e. The van der Waals surface area contributed by atoms with Crippen molar-refractivity contribution >= 4 is 17.6 Å². The van der Waals surface area contributed by atoms with Crippen LogP contribution >= 0.6 is 0 Å². The molecule has 1 heterocycles. The molecule has 1 unspecified atom stereocenters.